The summed E-state index contributed by atoms with van der Waals surface area (Å²) < 4.78 is 18.6. The number of nitrogens with zero attached hydrogens (tertiary/aromatic N) is 1. The maximum atomic E-state index is 13.2. The van der Waals surface area contributed by atoms with E-state index in [2.05, 4.69) is 10.2 Å². The van der Waals surface area contributed by atoms with Crippen molar-refractivity contribution < 1.29 is 9.13 Å². The van der Waals surface area contributed by atoms with Gasteiger partial charge in [0.15, 0.2) is 0 Å². The molecule has 1 aromatic carbocycles. The van der Waals surface area contributed by atoms with Crippen LogP contribution >= 0.6 is 0 Å². The first-order valence-corrected chi connectivity index (χ1v) is 6.01. The quantitative estimate of drug-likeness (QED) is 0.858. The van der Waals surface area contributed by atoms with E-state index in [0.29, 0.717) is 0 Å². The van der Waals surface area contributed by atoms with Gasteiger partial charge >= 0.3 is 0 Å². The summed E-state index contributed by atoms with van der Waals surface area (Å²) in [5.41, 5.74) is 0.908. The number of hydrogen-bond acceptors (Lipinski definition) is 3. The zero-order valence-corrected chi connectivity index (χ0v) is 10.2. The SMILES string of the molecule is COC(CN1CCNCC1)c1cccc(F)c1. The smallest absolute Gasteiger partial charge is 0.123 e. The number of methoxy groups -OCH3 is 1. The Bertz CT molecular complexity index is 353. The first-order chi connectivity index (χ1) is 8.29. The van der Waals surface area contributed by atoms with Crippen LogP contribution in [0.5, 0.6) is 0 Å². The average molecular weight is 238 g/mol. The van der Waals surface area contributed by atoms with E-state index in [9.17, 15) is 4.39 Å². The van der Waals surface area contributed by atoms with Gasteiger partial charge in [0.05, 0.1) is 6.10 Å². The highest BCUT2D eigenvalue weighted by atomic mass is 19.1. The fraction of sp³-hybridized carbons (Fsp3) is 0.538. The van der Waals surface area contributed by atoms with Crippen molar-refractivity contribution in [2.45, 2.75) is 6.10 Å². The predicted octanol–water partition coefficient (Wildman–Crippen LogP) is 1.42. The second-order valence-corrected chi connectivity index (χ2v) is 4.33. The molecule has 1 aromatic rings. The van der Waals surface area contributed by atoms with Crippen LogP contribution in [-0.2, 0) is 4.74 Å². The molecule has 1 unspecified atom stereocenters. The topological polar surface area (TPSA) is 24.5 Å². The maximum Gasteiger partial charge on any atom is 0.123 e. The van der Waals surface area contributed by atoms with Gasteiger partial charge in [0, 0.05) is 39.8 Å². The number of halogens is 1. The van der Waals surface area contributed by atoms with E-state index in [4.69, 9.17) is 4.74 Å². The van der Waals surface area contributed by atoms with Gasteiger partial charge in [-0.15, -0.1) is 0 Å². The van der Waals surface area contributed by atoms with Gasteiger partial charge in [-0.25, -0.2) is 4.39 Å². The van der Waals surface area contributed by atoms with Gasteiger partial charge in [0.25, 0.3) is 0 Å². The van der Waals surface area contributed by atoms with E-state index >= 15 is 0 Å². The maximum absolute atomic E-state index is 13.2. The molecule has 1 fully saturated rings. The van der Waals surface area contributed by atoms with Gasteiger partial charge in [-0.2, -0.15) is 0 Å². The Morgan fingerprint density at radius 1 is 1.41 bits per heavy atom. The van der Waals surface area contributed by atoms with E-state index < -0.39 is 0 Å². The number of hydrogen-bond donors (Lipinski definition) is 1. The van der Waals surface area contributed by atoms with Crippen molar-refractivity contribution in [1.82, 2.24) is 10.2 Å². The third-order valence-corrected chi connectivity index (χ3v) is 3.14. The fourth-order valence-corrected chi connectivity index (χ4v) is 2.15. The molecule has 2 rings (SSSR count). The first kappa shape index (κ1) is 12.5. The summed E-state index contributed by atoms with van der Waals surface area (Å²) in [6.45, 7) is 4.89. The second-order valence-electron chi connectivity index (χ2n) is 4.33. The zero-order valence-electron chi connectivity index (χ0n) is 10.2. The van der Waals surface area contributed by atoms with Crippen LogP contribution in [0.25, 0.3) is 0 Å². The molecule has 1 saturated heterocycles. The minimum absolute atomic E-state index is 0.0520. The number of ether oxygens (including phenoxy) is 1. The lowest BCUT2D eigenvalue weighted by atomic mass is 10.1. The van der Waals surface area contributed by atoms with Crippen molar-refractivity contribution in [2.75, 3.05) is 39.8 Å². The lowest BCUT2D eigenvalue weighted by Gasteiger charge is -2.30. The Balaban J connectivity index is 2.00. The largest absolute Gasteiger partial charge is 0.375 e. The average Bonchev–Trinajstić information content (AvgIpc) is 2.37. The normalized spacial score (nSPS) is 19.2. The van der Waals surface area contributed by atoms with Crippen LogP contribution in [0.3, 0.4) is 0 Å². The van der Waals surface area contributed by atoms with Crippen LogP contribution in [0.4, 0.5) is 4.39 Å². The van der Waals surface area contributed by atoms with Crippen LogP contribution in [-0.4, -0.2) is 44.7 Å². The second kappa shape index (κ2) is 6.10. The van der Waals surface area contributed by atoms with Crippen molar-refractivity contribution in [3.63, 3.8) is 0 Å². The Morgan fingerprint density at radius 3 is 2.82 bits per heavy atom. The molecular weight excluding hydrogens is 219 g/mol. The van der Waals surface area contributed by atoms with E-state index in [0.717, 1.165) is 38.3 Å². The lowest BCUT2D eigenvalue weighted by molar-refractivity contribution is 0.0592. The highest BCUT2D eigenvalue weighted by Crippen LogP contribution is 2.19. The van der Waals surface area contributed by atoms with E-state index in [1.807, 2.05) is 6.07 Å². The summed E-state index contributed by atoms with van der Waals surface area (Å²) >= 11 is 0. The van der Waals surface area contributed by atoms with E-state index in [-0.39, 0.29) is 11.9 Å². The summed E-state index contributed by atoms with van der Waals surface area (Å²) in [4.78, 5) is 2.34. The van der Waals surface area contributed by atoms with Crippen molar-refractivity contribution in [3.8, 4) is 0 Å². The Hall–Kier alpha value is -0.970. The van der Waals surface area contributed by atoms with Gasteiger partial charge in [-0.05, 0) is 17.7 Å². The van der Waals surface area contributed by atoms with Crippen LogP contribution in [0.1, 0.15) is 11.7 Å². The van der Waals surface area contributed by atoms with Gasteiger partial charge < -0.3 is 10.1 Å². The third kappa shape index (κ3) is 3.49. The molecule has 1 heterocycles. The molecule has 0 amide bonds. The van der Waals surface area contributed by atoms with Crippen molar-refractivity contribution in [1.29, 1.82) is 0 Å². The van der Waals surface area contributed by atoms with Crippen LogP contribution in [0.2, 0.25) is 0 Å². The molecule has 1 aliphatic rings. The summed E-state index contributed by atoms with van der Waals surface area (Å²) in [6.07, 6.45) is -0.0520. The fourth-order valence-electron chi connectivity index (χ4n) is 2.15. The van der Waals surface area contributed by atoms with Crippen LogP contribution < -0.4 is 5.32 Å². The lowest BCUT2D eigenvalue weighted by Crippen LogP contribution is -2.45. The molecule has 0 saturated carbocycles. The Kier molecular flexibility index (Phi) is 4.48. The highest BCUT2D eigenvalue weighted by Gasteiger charge is 2.17. The molecule has 1 aliphatic heterocycles. The molecule has 3 nitrogen and oxygen atoms in total. The molecular formula is C13H19FN2O. The Morgan fingerprint density at radius 2 is 2.18 bits per heavy atom. The van der Waals surface area contributed by atoms with Gasteiger partial charge in [-0.3, -0.25) is 4.90 Å². The molecule has 94 valence electrons. The van der Waals surface area contributed by atoms with Gasteiger partial charge in [-0.1, -0.05) is 12.1 Å². The van der Waals surface area contributed by atoms with Crippen molar-refractivity contribution in [3.05, 3.63) is 35.6 Å². The molecule has 1 atom stereocenters. The number of nitrogens with one attached hydrogen (secondary N) is 1. The van der Waals surface area contributed by atoms with Crippen LogP contribution in [0.15, 0.2) is 24.3 Å². The molecule has 4 heteroatoms. The molecule has 0 aliphatic carbocycles. The third-order valence-electron chi connectivity index (χ3n) is 3.14. The van der Waals surface area contributed by atoms with Crippen molar-refractivity contribution in [2.24, 2.45) is 0 Å². The van der Waals surface area contributed by atoms with E-state index in [1.165, 1.54) is 6.07 Å². The molecule has 0 aromatic heterocycles. The van der Waals surface area contributed by atoms with E-state index in [1.54, 1.807) is 19.2 Å². The minimum atomic E-state index is -0.204. The molecule has 0 radical (unpaired) electrons. The first-order valence-electron chi connectivity index (χ1n) is 6.01. The molecule has 0 spiro atoms. The molecule has 1 N–H and O–H groups in total. The van der Waals surface area contributed by atoms with Gasteiger partial charge in [0.2, 0.25) is 0 Å². The number of rotatable bonds is 4. The number of benzene rings is 1. The highest BCUT2D eigenvalue weighted by molar-refractivity contribution is 5.19. The standard InChI is InChI=1S/C13H19FN2O/c1-17-13(10-16-7-5-15-6-8-16)11-3-2-4-12(14)9-11/h2-4,9,13,15H,5-8,10H2,1H3. The predicted molar refractivity (Wildman–Crippen MR) is 65.5 cm³/mol. The molecule has 0 bridgehead atoms. The summed E-state index contributed by atoms with van der Waals surface area (Å²) in [6, 6.07) is 6.66. The monoisotopic (exact) mass is 238 g/mol. The minimum Gasteiger partial charge on any atom is -0.375 e. The van der Waals surface area contributed by atoms with Gasteiger partial charge in [0.1, 0.15) is 5.82 Å². The Labute approximate surface area is 102 Å². The summed E-state index contributed by atoms with van der Waals surface area (Å²) in [7, 11) is 1.68. The van der Waals surface area contributed by atoms with Crippen LogP contribution in [0, 0.1) is 5.82 Å². The van der Waals surface area contributed by atoms with Crippen molar-refractivity contribution >= 4 is 0 Å². The zero-order chi connectivity index (χ0) is 12.1. The summed E-state index contributed by atoms with van der Waals surface area (Å²) in [5.74, 6) is -0.204. The number of piperazine rings is 1. The summed E-state index contributed by atoms with van der Waals surface area (Å²) in [5, 5.41) is 3.31. The molecule has 17 heavy (non-hydrogen) atoms.